The summed E-state index contributed by atoms with van der Waals surface area (Å²) in [6, 6.07) is 10.2. The minimum absolute atomic E-state index is 0.100. The number of amides is 1. The summed E-state index contributed by atoms with van der Waals surface area (Å²) in [6.45, 7) is 10.0. The zero-order valence-electron chi connectivity index (χ0n) is 19.6. The van der Waals surface area contributed by atoms with E-state index in [1.807, 2.05) is 31.2 Å². The Bertz CT molecular complexity index is 1330. The molecule has 1 fully saturated rings. The van der Waals surface area contributed by atoms with Gasteiger partial charge >= 0.3 is 0 Å². The second kappa shape index (κ2) is 9.85. The fourth-order valence-corrected chi connectivity index (χ4v) is 4.86. The van der Waals surface area contributed by atoms with E-state index in [9.17, 15) is 9.59 Å². The van der Waals surface area contributed by atoms with E-state index in [4.69, 9.17) is 25.5 Å². The number of ether oxygens (including phenoxy) is 2. The van der Waals surface area contributed by atoms with Gasteiger partial charge in [0.1, 0.15) is 17.9 Å². The fraction of sp³-hybridized carbons (Fsp3) is 0.333. The molecule has 1 amide bonds. The lowest BCUT2D eigenvalue weighted by Crippen LogP contribution is -2.42. The molecule has 182 valence electrons. The molecule has 7 nitrogen and oxygen atoms in total. The largest absolute Gasteiger partial charge is 0.490 e. The van der Waals surface area contributed by atoms with Crippen molar-refractivity contribution in [2.75, 3.05) is 46.0 Å². The fourth-order valence-electron chi connectivity index (χ4n) is 4.69. The third-order valence-corrected chi connectivity index (χ3v) is 6.98. The van der Waals surface area contributed by atoms with Gasteiger partial charge in [0.15, 0.2) is 5.43 Å². The molecule has 0 N–H and O–H groups in total. The molecule has 0 aliphatic carbocycles. The van der Waals surface area contributed by atoms with Crippen LogP contribution in [0.2, 0.25) is 5.02 Å². The summed E-state index contributed by atoms with van der Waals surface area (Å²) in [4.78, 5) is 31.3. The van der Waals surface area contributed by atoms with Crippen LogP contribution < -0.4 is 10.2 Å². The van der Waals surface area contributed by atoms with Crippen LogP contribution in [0, 0.1) is 6.92 Å². The van der Waals surface area contributed by atoms with Crippen molar-refractivity contribution in [1.82, 2.24) is 9.80 Å². The lowest BCUT2D eigenvalue weighted by molar-refractivity contribution is 0.0314. The maximum absolute atomic E-state index is 13.7. The third-order valence-electron chi connectivity index (χ3n) is 6.57. The number of hydrogen-bond acceptors (Lipinski definition) is 6. The standard InChI is InChI=1S/C27H27ClN2O5/c1-3-12-34-19-6-4-18(5-7-19)24-23-25(31)20-16-21(28)17(2)15-22(20)35-26(23)27(32)30(24)9-8-29-10-13-33-14-11-29/h3-7,15-16,24H,1,8-14H2,2H3. The number of hydrogen-bond donors (Lipinski definition) is 0. The lowest BCUT2D eigenvalue weighted by atomic mass is 9.98. The van der Waals surface area contributed by atoms with Gasteiger partial charge in [-0.3, -0.25) is 14.5 Å². The van der Waals surface area contributed by atoms with Crippen LogP contribution >= 0.6 is 11.6 Å². The first-order valence-corrected chi connectivity index (χ1v) is 12.1. The Morgan fingerprint density at radius 3 is 2.60 bits per heavy atom. The van der Waals surface area contributed by atoms with Crippen LogP contribution in [0.3, 0.4) is 0 Å². The highest BCUT2D eigenvalue weighted by atomic mass is 35.5. The first-order valence-electron chi connectivity index (χ1n) is 11.7. The monoisotopic (exact) mass is 494 g/mol. The topological polar surface area (TPSA) is 72.2 Å². The molecule has 0 radical (unpaired) electrons. The Hall–Kier alpha value is -3.13. The van der Waals surface area contributed by atoms with Crippen molar-refractivity contribution >= 4 is 28.5 Å². The van der Waals surface area contributed by atoms with E-state index in [-0.39, 0.29) is 17.1 Å². The first-order chi connectivity index (χ1) is 17.0. The highest BCUT2D eigenvalue weighted by Crippen LogP contribution is 2.39. The van der Waals surface area contributed by atoms with Gasteiger partial charge in [-0.25, -0.2) is 0 Å². The van der Waals surface area contributed by atoms with Crippen LogP contribution in [0.25, 0.3) is 11.0 Å². The molecular formula is C27H27ClN2O5. The Morgan fingerprint density at radius 1 is 1.14 bits per heavy atom. The molecule has 3 aromatic rings. The minimum Gasteiger partial charge on any atom is -0.490 e. The van der Waals surface area contributed by atoms with E-state index in [0.29, 0.717) is 60.2 Å². The summed E-state index contributed by atoms with van der Waals surface area (Å²) in [5.74, 6) is 0.505. The quantitative estimate of drug-likeness (QED) is 0.458. The summed E-state index contributed by atoms with van der Waals surface area (Å²) in [5, 5.41) is 0.858. The predicted molar refractivity (Wildman–Crippen MR) is 135 cm³/mol. The highest BCUT2D eigenvalue weighted by Gasteiger charge is 2.42. The Morgan fingerprint density at radius 2 is 1.89 bits per heavy atom. The molecule has 2 aliphatic rings. The summed E-state index contributed by atoms with van der Waals surface area (Å²) < 4.78 is 17.1. The molecule has 1 atom stereocenters. The van der Waals surface area contributed by atoms with Gasteiger partial charge in [-0.2, -0.15) is 0 Å². The van der Waals surface area contributed by atoms with Crippen LogP contribution in [0.4, 0.5) is 0 Å². The molecule has 2 aliphatic heterocycles. The van der Waals surface area contributed by atoms with Gasteiger partial charge in [0, 0.05) is 31.2 Å². The molecule has 8 heteroatoms. The van der Waals surface area contributed by atoms with Crippen LogP contribution in [-0.2, 0) is 4.74 Å². The summed E-state index contributed by atoms with van der Waals surface area (Å²) in [6.07, 6.45) is 1.68. The van der Waals surface area contributed by atoms with Crippen molar-refractivity contribution in [2.24, 2.45) is 0 Å². The molecular weight excluding hydrogens is 468 g/mol. The van der Waals surface area contributed by atoms with E-state index in [1.54, 1.807) is 23.1 Å². The van der Waals surface area contributed by atoms with Crippen molar-refractivity contribution in [3.8, 4) is 5.75 Å². The molecule has 5 rings (SSSR count). The minimum atomic E-state index is -0.562. The molecule has 35 heavy (non-hydrogen) atoms. The normalized spacial score (nSPS) is 18.2. The molecule has 1 saturated heterocycles. The number of aryl methyl sites for hydroxylation is 1. The van der Waals surface area contributed by atoms with Gasteiger partial charge in [-0.15, -0.1) is 0 Å². The van der Waals surface area contributed by atoms with Crippen LogP contribution in [-0.4, -0.2) is 61.7 Å². The molecule has 3 heterocycles. The zero-order valence-corrected chi connectivity index (χ0v) is 20.3. The van der Waals surface area contributed by atoms with Gasteiger partial charge in [-0.05, 0) is 42.3 Å². The molecule has 0 bridgehead atoms. The highest BCUT2D eigenvalue weighted by molar-refractivity contribution is 6.32. The summed E-state index contributed by atoms with van der Waals surface area (Å²) >= 11 is 6.32. The van der Waals surface area contributed by atoms with E-state index < -0.39 is 6.04 Å². The number of carbonyl (C=O) groups excluding carboxylic acids is 1. The van der Waals surface area contributed by atoms with Crippen LogP contribution in [0.1, 0.15) is 33.3 Å². The number of halogens is 1. The number of nitrogens with zero attached hydrogens (tertiary/aromatic N) is 2. The van der Waals surface area contributed by atoms with Gasteiger partial charge < -0.3 is 18.8 Å². The number of fused-ring (bicyclic) bond motifs is 2. The average molecular weight is 495 g/mol. The van der Waals surface area contributed by atoms with E-state index in [2.05, 4.69) is 11.5 Å². The molecule has 1 unspecified atom stereocenters. The van der Waals surface area contributed by atoms with Gasteiger partial charge in [-0.1, -0.05) is 36.4 Å². The number of morpholine rings is 1. The maximum atomic E-state index is 13.7. The maximum Gasteiger partial charge on any atom is 0.290 e. The third kappa shape index (κ3) is 4.47. The first kappa shape index (κ1) is 23.6. The van der Waals surface area contributed by atoms with Crippen LogP contribution in [0.15, 0.2) is 58.3 Å². The van der Waals surface area contributed by atoms with Gasteiger partial charge in [0.25, 0.3) is 5.91 Å². The van der Waals surface area contributed by atoms with Crippen LogP contribution in [0.5, 0.6) is 5.75 Å². The van der Waals surface area contributed by atoms with Gasteiger partial charge in [0.2, 0.25) is 5.76 Å². The van der Waals surface area contributed by atoms with Crippen molar-refractivity contribution in [1.29, 1.82) is 0 Å². The van der Waals surface area contributed by atoms with E-state index >= 15 is 0 Å². The van der Waals surface area contributed by atoms with E-state index in [0.717, 1.165) is 24.2 Å². The predicted octanol–water partition coefficient (Wildman–Crippen LogP) is 4.20. The van der Waals surface area contributed by atoms with Gasteiger partial charge in [0.05, 0.1) is 30.2 Å². The summed E-state index contributed by atoms with van der Waals surface area (Å²) in [5.41, 5.74) is 2.08. The van der Waals surface area contributed by atoms with Crippen molar-refractivity contribution in [3.05, 3.63) is 86.7 Å². The number of benzene rings is 2. The molecule has 1 aromatic heterocycles. The second-order valence-corrected chi connectivity index (χ2v) is 9.20. The summed E-state index contributed by atoms with van der Waals surface area (Å²) in [7, 11) is 0. The Balaban J connectivity index is 1.58. The second-order valence-electron chi connectivity index (χ2n) is 8.80. The van der Waals surface area contributed by atoms with Crippen molar-refractivity contribution in [3.63, 3.8) is 0 Å². The zero-order chi connectivity index (χ0) is 24.5. The molecule has 2 aromatic carbocycles. The molecule has 0 spiro atoms. The number of carbonyl (C=O) groups is 1. The van der Waals surface area contributed by atoms with Crippen molar-refractivity contribution < 1.29 is 18.7 Å². The molecule has 0 saturated carbocycles. The Kier molecular flexibility index (Phi) is 6.65. The smallest absolute Gasteiger partial charge is 0.290 e. The van der Waals surface area contributed by atoms with Crippen molar-refractivity contribution in [2.45, 2.75) is 13.0 Å². The lowest BCUT2D eigenvalue weighted by Gasteiger charge is -2.31. The number of rotatable bonds is 7. The average Bonchev–Trinajstić information content (AvgIpc) is 3.15. The van der Waals surface area contributed by atoms with E-state index in [1.165, 1.54) is 0 Å². The SMILES string of the molecule is C=CCOc1ccc(C2c3c(oc4cc(C)c(Cl)cc4c3=O)C(=O)N2CCN2CCOCC2)cc1. The Labute approximate surface area is 208 Å².